The van der Waals surface area contributed by atoms with E-state index >= 15 is 0 Å². The molecule has 0 bridgehead atoms. The lowest BCUT2D eigenvalue weighted by Gasteiger charge is -2.10. The molecule has 2 rings (SSSR count). The van der Waals surface area contributed by atoms with E-state index in [2.05, 4.69) is 31.3 Å². The van der Waals surface area contributed by atoms with Crippen LogP contribution >= 0.6 is 15.9 Å². The molecule has 0 saturated heterocycles. The first kappa shape index (κ1) is 14.5. The van der Waals surface area contributed by atoms with Crippen LogP contribution in [0.4, 0.5) is 10.2 Å². The number of phenolic OH excluding ortho intramolecular Hbond substituents is 1. The number of halogens is 2. The molecule has 0 aliphatic heterocycles. The average molecular weight is 343 g/mol. The highest BCUT2D eigenvalue weighted by Gasteiger charge is 2.15. The summed E-state index contributed by atoms with van der Waals surface area (Å²) in [6.45, 7) is 1.51. The SMILES string of the molecule is COc1cc(-c2nc(C)c(F)c(NN)n2)cc(Br)c1O. The first-order chi connectivity index (χ1) is 9.47. The van der Waals surface area contributed by atoms with Gasteiger partial charge >= 0.3 is 0 Å². The van der Waals surface area contributed by atoms with E-state index in [-0.39, 0.29) is 28.8 Å². The maximum absolute atomic E-state index is 13.6. The quantitative estimate of drug-likeness (QED) is 0.585. The van der Waals surface area contributed by atoms with Gasteiger partial charge < -0.3 is 15.3 Å². The lowest BCUT2D eigenvalue weighted by Crippen LogP contribution is -2.13. The minimum atomic E-state index is -0.610. The van der Waals surface area contributed by atoms with Crippen LogP contribution in [0.25, 0.3) is 11.4 Å². The van der Waals surface area contributed by atoms with E-state index in [0.717, 1.165) is 0 Å². The molecular formula is C12H12BrFN4O2. The Hall–Kier alpha value is -1.93. The van der Waals surface area contributed by atoms with E-state index in [1.807, 2.05) is 0 Å². The summed E-state index contributed by atoms with van der Waals surface area (Å²) in [6, 6.07) is 3.15. The zero-order valence-corrected chi connectivity index (χ0v) is 12.3. The lowest BCUT2D eigenvalue weighted by atomic mass is 10.2. The Morgan fingerprint density at radius 2 is 2.10 bits per heavy atom. The van der Waals surface area contributed by atoms with Gasteiger partial charge in [0, 0.05) is 5.56 Å². The van der Waals surface area contributed by atoms with E-state index in [0.29, 0.717) is 10.0 Å². The fourth-order valence-electron chi connectivity index (χ4n) is 1.64. The summed E-state index contributed by atoms with van der Waals surface area (Å²) in [4.78, 5) is 8.05. The summed E-state index contributed by atoms with van der Waals surface area (Å²) in [5.41, 5.74) is 2.89. The van der Waals surface area contributed by atoms with Gasteiger partial charge in [0.2, 0.25) is 0 Å². The van der Waals surface area contributed by atoms with Crippen molar-refractivity contribution in [1.29, 1.82) is 0 Å². The van der Waals surface area contributed by atoms with Crippen molar-refractivity contribution in [3.8, 4) is 22.9 Å². The molecule has 0 fully saturated rings. The van der Waals surface area contributed by atoms with Crippen LogP contribution in [-0.2, 0) is 0 Å². The summed E-state index contributed by atoms with van der Waals surface area (Å²) >= 11 is 3.20. The van der Waals surface area contributed by atoms with Gasteiger partial charge in [0.1, 0.15) is 0 Å². The fourth-order valence-corrected chi connectivity index (χ4v) is 2.08. The number of phenols is 1. The second kappa shape index (κ2) is 5.59. The number of anilines is 1. The molecular weight excluding hydrogens is 331 g/mol. The van der Waals surface area contributed by atoms with E-state index in [1.54, 1.807) is 12.1 Å². The molecule has 106 valence electrons. The van der Waals surface area contributed by atoms with Crippen LogP contribution in [-0.4, -0.2) is 22.2 Å². The third kappa shape index (κ3) is 2.52. The number of hydrogen-bond acceptors (Lipinski definition) is 6. The van der Waals surface area contributed by atoms with Crippen molar-refractivity contribution in [2.45, 2.75) is 6.92 Å². The number of hydrazine groups is 1. The molecule has 0 unspecified atom stereocenters. The Bertz CT molecular complexity index is 609. The van der Waals surface area contributed by atoms with Crippen molar-refractivity contribution in [3.05, 3.63) is 28.1 Å². The number of aromatic hydroxyl groups is 1. The van der Waals surface area contributed by atoms with Gasteiger partial charge in [0.15, 0.2) is 29.0 Å². The molecule has 0 saturated carbocycles. The largest absolute Gasteiger partial charge is 0.503 e. The van der Waals surface area contributed by atoms with E-state index in [1.165, 1.54) is 14.0 Å². The number of benzene rings is 1. The number of nitrogen functional groups attached to an aromatic ring is 1. The minimum absolute atomic E-state index is 0.0349. The third-order valence-electron chi connectivity index (χ3n) is 2.66. The Labute approximate surface area is 122 Å². The molecule has 0 aliphatic carbocycles. The average Bonchev–Trinajstić information content (AvgIpc) is 2.44. The zero-order chi connectivity index (χ0) is 14.9. The first-order valence-electron chi connectivity index (χ1n) is 5.55. The molecule has 0 spiro atoms. The highest BCUT2D eigenvalue weighted by atomic mass is 79.9. The van der Waals surface area contributed by atoms with Crippen molar-refractivity contribution < 1.29 is 14.2 Å². The standard InChI is InChI=1S/C12H12BrFN4O2/c1-5-9(14)12(18-15)17-11(16-5)6-3-7(13)10(19)8(4-6)20-2/h3-4,19H,15H2,1-2H3,(H,16,17,18). The smallest absolute Gasteiger partial charge is 0.187 e. The van der Waals surface area contributed by atoms with Gasteiger partial charge in [-0.15, -0.1) is 0 Å². The molecule has 8 heteroatoms. The number of nitrogens with two attached hydrogens (primary N) is 1. The lowest BCUT2D eigenvalue weighted by molar-refractivity contribution is 0.372. The molecule has 1 aromatic carbocycles. The molecule has 4 N–H and O–H groups in total. The van der Waals surface area contributed by atoms with Gasteiger partial charge in [0.05, 0.1) is 17.3 Å². The van der Waals surface area contributed by atoms with Gasteiger partial charge in [0.25, 0.3) is 0 Å². The molecule has 1 heterocycles. The molecule has 0 atom stereocenters. The first-order valence-corrected chi connectivity index (χ1v) is 6.34. The number of ether oxygens (including phenoxy) is 1. The molecule has 6 nitrogen and oxygen atoms in total. The van der Waals surface area contributed by atoms with Crippen LogP contribution in [0.2, 0.25) is 0 Å². The summed E-state index contributed by atoms with van der Waals surface area (Å²) in [6.07, 6.45) is 0. The number of aromatic nitrogens is 2. The Morgan fingerprint density at radius 3 is 2.70 bits per heavy atom. The summed E-state index contributed by atoms with van der Waals surface area (Å²) in [5.74, 6) is 4.99. The second-order valence-electron chi connectivity index (χ2n) is 3.95. The maximum atomic E-state index is 13.6. The van der Waals surface area contributed by atoms with Crippen molar-refractivity contribution in [2.24, 2.45) is 5.84 Å². The van der Waals surface area contributed by atoms with Crippen LogP contribution in [0.3, 0.4) is 0 Å². The fraction of sp³-hybridized carbons (Fsp3) is 0.167. The van der Waals surface area contributed by atoms with Crippen LogP contribution in [0.1, 0.15) is 5.69 Å². The highest BCUT2D eigenvalue weighted by Crippen LogP contribution is 2.38. The summed E-state index contributed by atoms with van der Waals surface area (Å²) in [7, 11) is 1.43. The molecule has 0 amide bonds. The Kier molecular flexibility index (Phi) is 4.05. The normalized spacial score (nSPS) is 10.4. The van der Waals surface area contributed by atoms with Gasteiger partial charge in [-0.3, -0.25) is 0 Å². The predicted molar refractivity (Wildman–Crippen MR) is 75.9 cm³/mol. The Balaban J connectivity index is 2.62. The van der Waals surface area contributed by atoms with Crippen LogP contribution in [0.15, 0.2) is 16.6 Å². The second-order valence-corrected chi connectivity index (χ2v) is 4.80. The Morgan fingerprint density at radius 1 is 1.40 bits per heavy atom. The van der Waals surface area contributed by atoms with Gasteiger partial charge in [-0.05, 0) is 35.0 Å². The number of nitrogens with one attached hydrogen (secondary N) is 1. The number of methoxy groups -OCH3 is 1. The highest BCUT2D eigenvalue weighted by molar-refractivity contribution is 9.10. The van der Waals surface area contributed by atoms with Crippen molar-refractivity contribution in [3.63, 3.8) is 0 Å². The topological polar surface area (TPSA) is 93.3 Å². The summed E-state index contributed by atoms with van der Waals surface area (Å²) in [5, 5.41) is 9.76. The van der Waals surface area contributed by atoms with Gasteiger partial charge in [-0.2, -0.15) is 0 Å². The number of aryl methyl sites for hydroxylation is 1. The number of rotatable bonds is 3. The van der Waals surface area contributed by atoms with Crippen LogP contribution in [0, 0.1) is 12.7 Å². The van der Waals surface area contributed by atoms with E-state index in [4.69, 9.17) is 10.6 Å². The molecule has 0 radical (unpaired) electrons. The van der Waals surface area contributed by atoms with Gasteiger partial charge in [-0.25, -0.2) is 20.2 Å². The maximum Gasteiger partial charge on any atom is 0.187 e. The summed E-state index contributed by atoms with van der Waals surface area (Å²) < 4.78 is 19.1. The third-order valence-corrected chi connectivity index (χ3v) is 3.26. The van der Waals surface area contributed by atoms with Crippen LogP contribution in [0.5, 0.6) is 11.5 Å². The number of nitrogens with zero attached hydrogens (tertiary/aromatic N) is 2. The minimum Gasteiger partial charge on any atom is -0.503 e. The van der Waals surface area contributed by atoms with Crippen molar-refractivity contribution in [2.75, 3.05) is 12.5 Å². The predicted octanol–water partition coefficient (Wildman–Crippen LogP) is 2.35. The zero-order valence-electron chi connectivity index (χ0n) is 10.7. The van der Waals surface area contributed by atoms with Gasteiger partial charge in [-0.1, -0.05) is 0 Å². The van der Waals surface area contributed by atoms with Crippen LogP contribution < -0.4 is 16.0 Å². The number of hydrogen-bond donors (Lipinski definition) is 3. The molecule has 0 aliphatic rings. The molecule has 2 aromatic rings. The van der Waals surface area contributed by atoms with Crippen molar-refractivity contribution in [1.82, 2.24) is 9.97 Å². The van der Waals surface area contributed by atoms with Crippen molar-refractivity contribution >= 4 is 21.7 Å². The van der Waals surface area contributed by atoms with E-state index < -0.39 is 5.82 Å². The molecule has 20 heavy (non-hydrogen) atoms. The molecule has 1 aromatic heterocycles. The monoisotopic (exact) mass is 342 g/mol. The van der Waals surface area contributed by atoms with E-state index in [9.17, 15) is 9.50 Å².